The SMILES string of the molecule is CNC(=O)NC(=O)C(C)NC(C)c1sc(C)nc1C. The van der Waals surface area contributed by atoms with Gasteiger partial charge in [-0.15, -0.1) is 11.3 Å². The molecule has 2 atom stereocenters. The molecule has 1 heterocycles. The van der Waals surface area contributed by atoms with Crippen molar-refractivity contribution in [2.45, 2.75) is 39.8 Å². The van der Waals surface area contributed by atoms with E-state index in [2.05, 4.69) is 20.9 Å². The highest BCUT2D eigenvalue weighted by Crippen LogP contribution is 2.24. The number of hydrogen-bond acceptors (Lipinski definition) is 5. The maximum absolute atomic E-state index is 11.7. The first-order chi connectivity index (χ1) is 8.85. The fraction of sp³-hybridized carbons (Fsp3) is 0.583. The summed E-state index contributed by atoms with van der Waals surface area (Å²) in [7, 11) is 1.47. The van der Waals surface area contributed by atoms with Crippen molar-refractivity contribution in [1.82, 2.24) is 20.9 Å². The van der Waals surface area contributed by atoms with Gasteiger partial charge in [-0.2, -0.15) is 0 Å². The van der Waals surface area contributed by atoms with E-state index in [1.165, 1.54) is 7.05 Å². The monoisotopic (exact) mass is 284 g/mol. The molecule has 19 heavy (non-hydrogen) atoms. The van der Waals surface area contributed by atoms with Gasteiger partial charge >= 0.3 is 6.03 Å². The number of hydrogen-bond donors (Lipinski definition) is 3. The highest BCUT2D eigenvalue weighted by atomic mass is 32.1. The Labute approximate surface area is 117 Å². The van der Waals surface area contributed by atoms with Gasteiger partial charge in [0.25, 0.3) is 0 Å². The van der Waals surface area contributed by atoms with Gasteiger partial charge in [-0.05, 0) is 27.7 Å². The minimum atomic E-state index is -0.504. The molecule has 0 radical (unpaired) electrons. The molecular weight excluding hydrogens is 264 g/mol. The number of rotatable bonds is 4. The van der Waals surface area contributed by atoms with Gasteiger partial charge in [0.2, 0.25) is 5.91 Å². The van der Waals surface area contributed by atoms with Gasteiger partial charge in [0, 0.05) is 18.0 Å². The Bertz CT molecular complexity index is 472. The number of imide groups is 1. The van der Waals surface area contributed by atoms with Crippen LogP contribution in [0.3, 0.4) is 0 Å². The average Bonchev–Trinajstić information content (AvgIpc) is 2.68. The molecule has 0 aliphatic carbocycles. The molecule has 1 rings (SSSR count). The molecular formula is C12H20N4O2S. The van der Waals surface area contributed by atoms with Gasteiger partial charge in [-0.25, -0.2) is 9.78 Å². The van der Waals surface area contributed by atoms with Gasteiger partial charge in [-0.1, -0.05) is 0 Å². The summed E-state index contributed by atoms with van der Waals surface area (Å²) in [5, 5.41) is 8.75. The van der Waals surface area contributed by atoms with E-state index in [0.29, 0.717) is 0 Å². The maximum Gasteiger partial charge on any atom is 0.321 e. The zero-order valence-electron chi connectivity index (χ0n) is 11.8. The van der Waals surface area contributed by atoms with Gasteiger partial charge in [0.05, 0.1) is 16.7 Å². The third-order valence-electron chi connectivity index (χ3n) is 2.69. The number of carbonyl (C=O) groups excluding carboxylic acids is 2. The quantitative estimate of drug-likeness (QED) is 0.777. The van der Waals surface area contributed by atoms with Crippen LogP contribution in [-0.2, 0) is 4.79 Å². The lowest BCUT2D eigenvalue weighted by molar-refractivity contribution is -0.121. The topological polar surface area (TPSA) is 83.1 Å². The third-order valence-corrected chi connectivity index (χ3v) is 3.95. The first-order valence-electron chi connectivity index (χ1n) is 6.07. The van der Waals surface area contributed by atoms with Crippen LogP contribution in [0.5, 0.6) is 0 Å². The summed E-state index contributed by atoms with van der Waals surface area (Å²) >= 11 is 1.61. The Balaban J connectivity index is 2.61. The van der Waals surface area contributed by atoms with Crippen LogP contribution >= 0.6 is 11.3 Å². The molecule has 1 aromatic heterocycles. The number of nitrogens with zero attached hydrogens (tertiary/aromatic N) is 1. The number of urea groups is 1. The standard InChI is InChI=1S/C12H20N4O2S/c1-6(10-7(2)15-9(4)19-10)14-8(3)11(17)16-12(18)13-5/h6,8,14H,1-5H3,(H2,13,16,17,18). The third kappa shape index (κ3) is 4.29. The van der Waals surface area contributed by atoms with Gasteiger partial charge < -0.3 is 5.32 Å². The molecule has 3 amide bonds. The highest BCUT2D eigenvalue weighted by Gasteiger charge is 2.20. The number of nitrogens with one attached hydrogen (secondary N) is 3. The van der Waals surface area contributed by atoms with E-state index in [-0.39, 0.29) is 11.9 Å². The smallest absolute Gasteiger partial charge is 0.321 e. The molecule has 0 aliphatic heterocycles. The van der Waals surface area contributed by atoms with E-state index in [1.54, 1.807) is 18.3 Å². The summed E-state index contributed by atoms with van der Waals surface area (Å²) < 4.78 is 0. The molecule has 0 fully saturated rings. The molecule has 1 aromatic rings. The minimum absolute atomic E-state index is 0.0108. The van der Waals surface area contributed by atoms with Crippen molar-refractivity contribution in [2.75, 3.05) is 7.05 Å². The summed E-state index contributed by atoms with van der Waals surface area (Å²) in [5.41, 5.74) is 0.974. The van der Waals surface area contributed by atoms with Crippen LogP contribution in [0.4, 0.5) is 4.79 Å². The normalized spacial score (nSPS) is 13.7. The van der Waals surface area contributed by atoms with Crippen molar-refractivity contribution in [3.05, 3.63) is 15.6 Å². The lowest BCUT2D eigenvalue weighted by Crippen LogP contribution is -2.47. The van der Waals surface area contributed by atoms with E-state index >= 15 is 0 Å². The summed E-state index contributed by atoms with van der Waals surface area (Å²) in [6.07, 6.45) is 0. The van der Waals surface area contributed by atoms with Crippen LogP contribution < -0.4 is 16.0 Å². The second kappa shape index (κ2) is 6.63. The predicted molar refractivity (Wildman–Crippen MR) is 75.2 cm³/mol. The van der Waals surface area contributed by atoms with Gasteiger partial charge in [-0.3, -0.25) is 15.4 Å². The lowest BCUT2D eigenvalue weighted by atomic mass is 10.2. The Morgan fingerprint density at radius 1 is 1.26 bits per heavy atom. The maximum atomic E-state index is 11.7. The zero-order valence-corrected chi connectivity index (χ0v) is 12.6. The molecule has 0 saturated carbocycles. The molecule has 0 bridgehead atoms. The van der Waals surface area contributed by atoms with E-state index < -0.39 is 12.1 Å². The van der Waals surface area contributed by atoms with Crippen molar-refractivity contribution in [2.24, 2.45) is 0 Å². The summed E-state index contributed by atoms with van der Waals surface area (Å²) in [6.45, 7) is 7.60. The van der Waals surface area contributed by atoms with E-state index in [0.717, 1.165) is 15.6 Å². The molecule has 7 heteroatoms. The Kier molecular flexibility index (Phi) is 5.44. The summed E-state index contributed by atoms with van der Waals surface area (Å²) in [5.74, 6) is -0.356. The molecule has 106 valence electrons. The van der Waals surface area contributed by atoms with Crippen LogP contribution in [0.15, 0.2) is 0 Å². The van der Waals surface area contributed by atoms with Crippen LogP contribution in [0.2, 0.25) is 0 Å². The number of thiazole rings is 1. The number of amides is 3. The lowest BCUT2D eigenvalue weighted by Gasteiger charge is -2.18. The van der Waals surface area contributed by atoms with Crippen molar-refractivity contribution in [3.8, 4) is 0 Å². The summed E-state index contributed by atoms with van der Waals surface area (Å²) in [4.78, 5) is 28.3. The van der Waals surface area contributed by atoms with Crippen molar-refractivity contribution >= 4 is 23.3 Å². The Morgan fingerprint density at radius 2 is 1.89 bits per heavy atom. The van der Waals surface area contributed by atoms with Gasteiger partial charge in [0.15, 0.2) is 0 Å². The summed E-state index contributed by atoms with van der Waals surface area (Å²) in [6, 6.07) is -0.957. The first kappa shape index (κ1) is 15.6. The molecule has 0 aromatic carbocycles. The van der Waals surface area contributed by atoms with Crippen LogP contribution in [0, 0.1) is 13.8 Å². The molecule has 0 spiro atoms. The predicted octanol–water partition coefficient (Wildman–Crippen LogP) is 1.25. The molecule has 0 aliphatic rings. The minimum Gasteiger partial charge on any atom is -0.341 e. The molecule has 6 nitrogen and oxygen atoms in total. The van der Waals surface area contributed by atoms with E-state index in [4.69, 9.17) is 0 Å². The average molecular weight is 284 g/mol. The fourth-order valence-corrected chi connectivity index (χ4v) is 2.70. The van der Waals surface area contributed by atoms with Crippen LogP contribution in [0.1, 0.15) is 35.5 Å². The second-order valence-electron chi connectivity index (χ2n) is 4.36. The van der Waals surface area contributed by atoms with E-state index in [1.807, 2.05) is 20.8 Å². The van der Waals surface area contributed by atoms with Crippen molar-refractivity contribution in [3.63, 3.8) is 0 Å². The number of aromatic nitrogens is 1. The van der Waals surface area contributed by atoms with Crippen LogP contribution in [0.25, 0.3) is 0 Å². The highest BCUT2D eigenvalue weighted by molar-refractivity contribution is 7.11. The molecule has 2 unspecified atom stereocenters. The molecule has 0 saturated heterocycles. The Hall–Kier alpha value is -1.47. The zero-order chi connectivity index (χ0) is 14.6. The second-order valence-corrected chi connectivity index (χ2v) is 5.60. The van der Waals surface area contributed by atoms with E-state index in [9.17, 15) is 9.59 Å². The number of carbonyl (C=O) groups is 2. The number of aryl methyl sites for hydroxylation is 2. The van der Waals surface area contributed by atoms with Crippen molar-refractivity contribution in [1.29, 1.82) is 0 Å². The Morgan fingerprint density at radius 3 is 2.37 bits per heavy atom. The van der Waals surface area contributed by atoms with Crippen LogP contribution in [-0.4, -0.2) is 30.0 Å². The van der Waals surface area contributed by atoms with Gasteiger partial charge in [0.1, 0.15) is 0 Å². The van der Waals surface area contributed by atoms with Crippen molar-refractivity contribution < 1.29 is 9.59 Å². The first-order valence-corrected chi connectivity index (χ1v) is 6.89. The molecule has 3 N–H and O–H groups in total. The largest absolute Gasteiger partial charge is 0.341 e. The fourth-order valence-electron chi connectivity index (χ4n) is 1.76.